The van der Waals surface area contributed by atoms with Crippen LogP contribution < -0.4 is 5.73 Å². The summed E-state index contributed by atoms with van der Waals surface area (Å²) in [5.74, 6) is 0. The van der Waals surface area contributed by atoms with Crippen LogP contribution in [0.15, 0.2) is 17.0 Å². The van der Waals surface area contributed by atoms with Gasteiger partial charge in [-0.15, -0.1) is 0 Å². The lowest BCUT2D eigenvalue weighted by atomic mass is 10.0. The van der Waals surface area contributed by atoms with E-state index in [0.29, 0.717) is 11.4 Å². The van der Waals surface area contributed by atoms with Gasteiger partial charge in [0, 0.05) is 6.26 Å². The maximum atomic E-state index is 11.4. The van der Waals surface area contributed by atoms with Gasteiger partial charge < -0.3 is 5.73 Å². The summed E-state index contributed by atoms with van der Waals surface area (Å²) in [6.45, 7) is 4.45. The summed E-state index contributed by atoms with van der Waals surface area (Å²) in [7, 11) is -3.12. The Labute approximate surface area is 91.2 Å². The minimum absolute atomic E-state index is 0.383. The van der Waals surface area contributed by atoms with Crippen LogP contribution in [0.25, 0.3) is 0 Å². The van der Waals surface area contributed by atoms with Gasteiger partial charge in [0.25, 0.3) is 0 Å². The molecule has 84 valence electrons. The first-order valence-electron chi connectivity index (χ1n) is 4.86. The van der Waals surface area contributed by atoms with Gasteiger partial charge in [0.1, 0.15) is 0 Å². The third kappa shape index (κ3) is 2.79. The molecule has 3 nitrogen and oxygen atoms in total. The lowest BCUT2D eigenvalue weighted by Gasteiger charge is -2.10. The Kier molecular flexibility index (Phi) is 3.52. The first kappa shape index (κ1) is 12.2. The average molecular weight is 227 g/mol. The zero-order valence-corrected chi connectivity index (χ0v) is 10.2. The summed E-state index contributed by atoms with van der Waals surface area (Å²) in [6.07, 6.45) is 1.94. The quantitative estimate of drug-likeness (QED) is 0.844. The highest BCUT2D eigenvalue weighted by molar-refractivity contribution is 7.90. The maximum Gasteiger partial charge on any atom is 0.175 e. The Morgan fingerprint density at radius 1 is 1.27 bits per heavy atom. The lowest BCUT2D eigenvalue weighted by Crippen LogP contribution is -2.07. The van der Waals surface area contributed by atoms with Crippen molar-refractivity contribution in [3.05, 3.63) is 28.8 Å². The fraction of sp³-hybridized carbons (Fsp3) is 0.455. The zero-order chi connectivity index (χ0) is 11.6. The van der Waals surface area contributed by atoms with E-state index in [1.807, 2.05) is 13.8 Å². The first-order chi connectivity index (χ1) is 6.86. The Balaban J connectivity index is 3.36. The van der Waals surface area contributed by atoms with E-state index in [1.54, 1.807) is 12.1 Å². The van der Waals surface area contributed by atoms with Crippen molar-refractivity contribution < 1.29 is 8.42 Å². The largest absolute Gasteiger partial charge is 0.330 e. The molecule has 0 radical (unpaired) electrons. The van der Waals surface area contributed by atoms with Crippen molar-refractivity contribution in [2.45, 2.75) is 25.2 Å². The predicted octanol–water partition coefficient (Wildman–Crippen LogP) is 1.21. The first-order valence-corrected chi connectivity index (χ1v) is 6.75. The zero-order valence-electron chi connectivity index (χ0n) is 9.37. The fourth-order valence-electron chi connectivity index (χ4n) is 1.53. The van der Waals surface area contributed by atoms with Crippen LogP contribution in [0.3, 0.4) is 0 Å². The van der Waals surface area contributed by atoms with Gasteiger partial charge in [-0.05, 0) is 55.6 Å². The molecule has 0 bridgehead atoms. The van der Waals surface area contributed by atoms with Gasteiger partial charge >= 0.3 is 0 Å². The molecule has 0 heterocycles. The van der Waals surface area contributed by atoms with Gasteiger partial charge in [0.15, 0.2) is 9.84 Å². The number of nitrogens with two attached hydrogens (primary N) is 1. The molecule has 0 saturated carbocycles. The highest BCUT2D eigenvalue weighted by atomic mass is 32.2. The smallest absolute Gasteiger partial charge is 0.175 e. The van der Waals surface area contributed by atoms with E-state index in [-0.39, 0.29) is 0 Å². The minimum Gasteiger partial charge on any atom is -0.330 e. The Bertz CT molecular complexity index is 464. The Hall–Kier alpha value is -0.870. The van der Waals surface area contributed by atoms with E-state index < -0.39 is 9.84 Å². The predicted molar refractivity (Wildman–Crippen MR) is 61.8 cm³/mol. The van der Waals surface area contributed by atoms with Gasteiger partial charge in [-0.2, -0.15) is 0 Å². The van der Waals surface area contributed by atoms with E-state index >= 15 is 0 Å². The standard InChI is InChI=1S/C11H17NO2S/c1-8-6-11(15(3,13)14)7-10(4-5-12)9(8)2/h6-7H,4-5,12H2,1-3H3. The van der Waals surface area contributed by atoms with E-state index in [1.165, 1.54) is 6.26 Å². The van der Waals surface area contributed by atoms with Crippen molar-refractivity contribution in [3.8, 4) is 0 Å². The van der Waals surface area contributed by atoms with Crippen LogP contribution in [-0.4, -0.2) is 21.2 Å². The van der Waals surface area contributed by atoms with Crippen LogP contribution in [0.1, 0.15) is 16.7 Å². The molecule has 1 aromatic carbocycles. The van der Waals surface area contributed by atoms with Crippen molar-refractivity contribution in [2.24, 2.45) is 5.73 Å². The fourth-order valence-corrected chi connectivity index (χ4v) is 2.27. The summed E-state index contributed by atoms with van der Waals surface area (Å²) < 4.78 is 22.8. The molecule has 0 spiro atoms. The summed E-state index contributed by atoms with van der Waals surface area (Å²) >= 11 is 0. The highest BCUT2D eigenvalue weighted by Crippen LogP contribution is 2.20. The summed E-state index contributed by atoms with van der Waals surface area (Å²) in [5.41, 5.74) is 8.65. The van der Waals surface area contributed by atoms with Gasteiger partial charge in [-0.1, -0.05) is 0 Å². The van der Waals surface area contributed by atoms with Crippen LogP contribution >= 0.6 is 0 Å². The third-order valence-corrected chi connectivity index (χ3v) is 3.68. The van der Waals surface area contributed by atoms with Gasteiger partial charge in [0.2, 0.25) is 0 Å². The van der Waals surface area contributed by atoms with E-state index in [4.69, 9.17) is 5.73 Å². The number of sulfone groups is 1. The topological polar surface area (TPSA) is 60.2 Å². The third-order valence-electron chi connectivity index (χ3n) is 2.59. The molecule has 0 fully saturated rings. The molecule has 0 atom stereocenters. The minimum atomic E-state index is -3.12. The Morgan fingerprint density at radius 2 is 1.87 bits per heavy atom. The lowest BCUT2D eigenvalue weighted by molar-refractivity contribution is 0.601. The van der Waals surface area contributed by atoms with E-state index in [9.17, 15) is 8.42 Å². The number of rotatable bonds is 3. The molecule has 0 unspecified atom stereocenters. The molecule has 0 saturated heterocycles. The molecular weight excluding hydrogens is 210 g/mol. The van der Waals surface area contributed by atoms with Crippen molar-refractivity contribution in [3.63, 3.8) is 0 Å². The van der Waals surface area contributed by atoms with Crippen LogP contribution in [0.2, 0.25) is 0 Å². The second kappa shape index (κ2) is 4.33. The molecule has 2 N–H and O–H groups in total. The molecule has 0 aromatic heterocycles. The van der Waals surface area contributed by atoms with Crippen molar-refractivity contribution in [1.29, 1.82) is 0 Å². The average Bonchev–Trinajstić information content (AvgIpc) is 2.11. The van der Waals surface area contributed by atoms with Crippen LogP contribution in [0.5, 0.6) is 0 Å². The van der Waals surface area contributed by atoms with Gasteiger partial charge in [-0.3, -0.25) is 0 Å². The normalized spacial score (nSPS) is 11.7. The SMILES string of the molecule is Cc1cc(S(C)(=O)=O)cc(CCN)c1C. The monoisotopic (exact) mass is 227 g/mol. The summed E-state index contributed by atoms with van der Waals surface area (Å²) in [5, 5.41) is 0. The van der Waals surface area contributed by atoms with Crippen LogP contribution in [0, 0.1) is 13.8 Å². The number of aryl methyl sites for hydroxylation is 1. The van der Waals surface area contributed by atoms with Gasteiger partial charge in [-0.25, -0.2) is 8.42 Å². The second-order valence-corrected chi connectivity index (χ2v) is 5.85. The summed E-state index contributed by atoms with van der Waals surface area (Å²) in [4.78, 5) is 0.383. The molecule has 0 amide bonds. The number of hydrogen-bond acceptors (Lipinski definition) is 3. The Morgan fingerprint density at radius 3 is 2.33 bits per heavy atom. The maximum absolute atomic E-state index is 11.4. The molecule has 1 aromatic rings. The van der Waals surface area contributed by atoms with Crippen LogP contribution in [0.4, 0.5) is 0 Å². The molecule has 0 aliphatic carbocycles. The number of hydrogen-bond donors (Lipinski definition) is 1. The molecule has 1 rings (SSSR count). The summed E-state index contributed by atoms with van der Waals surface area (Å²) in [6, 6.07) is 3.44. The van der Waals surface area contributed by atoms with Crippen molar-refractivity contribution in [2.75, 3.05) is 12.8 Å². The van der Waals surface area contributed by atoms with E-state index in [2.05, 4.69) is 0 Å². The molecule has 4 heteroatoms. The second-order valence-electron chi connectivity index (χ2n) is 3.84. The van der Waals surface area contributed by atoms with Crippen molar-refractivity contribution >= 4 is 9.84 Å². The molecule has 0 aliphatic heterocycles. The van der Waals surface area contributed by atoms with E-state index in [0.717, 1.165) is 23.1 Å². The molecular formula is C11H17NO2S. The van der Waals surface area contributed by atoms with Gasteiger partial charge in [0.05, 0.1) is 4.90 Å². The number of benzene rings is 1. The molecule has 0 aliphatic rings. The van der Waals surface area contributed by atoms with Crippen LogP contribution in [-0.2, 0) is 16.3 Å². The highest BCUT2D eigenvalue weighted by Gasteiger charge is 2.11. The molecule has 15 heavy (non-hydrogen) atoms. The van der Waals surface area contributed by atoms with Crippen molar-refractivity contribution in [1.82, 2.24) is 0 Å².